The molecule has 1 aromatic heterocycles. The number of methoxy groups -OCH3 is 1. The number of nitrogens with zero attached hydrogens (tertiary/aromatic N) is 2. The molecule has 3 aromatic rings. The van der Waals surface area contributed by atoms with Crippen molar-refractivity contribution in [2.45, 2.75) is 20.0 Å². The van der Waals surface area contributed by atoms with Gasteiger partial charge in [0.05, 0.1) is 19.3 Å². The van der Waals surface area contributed by atoms with Crippen LogP contribution in [-0.2, 0) is 13.1 Å². The van der Waals surface area contributed by atoms with E-state index in [1.807, 2.05) is 67.6 Å². The van der Waals surface area contributed by atoms with E-state index in [1.165, 1.54) is 0 Å². The Labute approximate surface area is 147 Å². The quantitative estimate of drug-likeness (QED) is 0.753. The van der Waals surface area contributed by atoms with Crippen molar-refractivity contribution in [2.24, 2.45) is 0 Å². The summed E-state index contributed by atoms with van der Waals surface area (Å²) in [6.07, 6.45) is 0. The number of hydrogen-bond acceptors (Lipinski definition) is 3. The third-order valence-electron chi connectivity index (χ3n) is 3.92. The van der Waals surface area contributed by atoms with Gasteiger partial charge in [-0.25, -0.2) is 0 Å². The molecule has 25 heavy (non-hydrogen) atoms. The lowest BCUT2D eigenvalue weighted by Gasteiger charge is -2.09. The summed E-state index contributed by atoms with van der Waals surface area (Å²) in [4.78, 5) is 12.6. The molecule has 3 rings (SSSR count). The molecule has 0 spiro atoms. The van der Waals surface area contributed by atoms with Gasteiger partial charge in [-0.15, -0.1) is 0 Å². The van der Waals surface area contributed by atoms with Gasteiger partial charge in [-0.05, 0) is 36.2 Å². The van der Waals surface area contributed by atoms with E-state index in [4.69, 9.17) is 4.74 Å². The number of amides is 1. The maximum absolute atomic E-state index is 12.6. The molecule has 0 fully saturated rings. The van der Waals surface area contributed by atoms with E-state index in [1.54, 1.807) is 11.8 Å². The zero-order valence-corrected chi connectivity index (χ0v) is 14.4. The largest absolute Gasteiger partial charge is 0.497 e. The van der Waals surface area contributed by atoms with E-state index in [9.17, 15) is 4.79 Å². The summed E-state index contributed by atoms with van der Waals surface area (Å²) in [6.45, 7) is 2.91. The van der Waals surface area contributed by atoms with Crippen LogP contribution in [-0.4, -0.2) is 22.8 Å². The van der Waals surface area contributed by atoms with Crippen LogP contribution in [0.4, 0.5) is 0 Å². The van der Waals surface area contributed by atoms with Crippen molar-refractivity contribution in [1.29, 1.82) is 0 Å². The predicted octanol–water partition coefficient (Wildman–Crippen LogP) is 3.18. The van der Waals surface area contributed by atoms with E-state index in [2.05, 4.69) is 10.4 Å². The molecule has 5 heteroatoms. The van der Waals surface area contributed by atoms with E-state index in [0.717, 1.165) is 22.6 Å². The minimum atomic E-state index is -0.127. The summed E-state index contributed by atoms with van der Waals surface area (Å²) < 4.78 is 6.91. The van der Waals surface area contributed by atoms with Crippen LogP contribution in [0.3, 0.4) is 0 Å². The van der Waals surface area contributed by atoms with Gasteiger partial charge in [-0.3, -0.25) is 9.48 Å². The summed E-state index contributed by atoms with van der Waals surface area (Å²) in [5.41, 5.74) is 3.50. The molecule has 0 atom stereocenters. The Balaban J connectivity index is 1.72. The molecule has 0 saturated heterocycles. The molecule has 0 radical (unpaired) electrons. The number of carbonyl (C=O) groups is 1. The molecule has 128 valence electrons. The van der Waals surface area contributed by atoms with Gasteiger partial charge in [0.15, 0.2) is 0 Å². The molecule has 0 aliphatic rings. The SMILES string of the molecule is COc1ccc(Cn2nc(C)cc2C(=O)NCc2ccccc2)cc1. The Morgan fingerprint density at radius 3 is 2.48 bits per heavy atom. The molecule has 0 unspecified atom stereocenters. The Hall–Kier alpha value is -3.08. The fourth-order valence-corrected chi connectivity index (χ4v) is 2.62. The normalized spacial score (nSPS) is 10.5. The van der Waals surface area contributed by atoms with Crippen LogP contribution in [0.1, 0.15) is 27.3 Å². The zero-order chi connectivity index (χ0) is 17.6. The molecular formula is C20H21N3O2. The van der Waals surface area contributed by atoms with Crippen LogP contribution >= 0.6 is 0 Å². The molecular weight excluding hydrogens is 314 g/mol. The number of ether oxygens (including phenoxy) is 1. The summed E-state index contributed by atoms with van der Waals surface area (Å²) in [5.74, 6) is 0.680. The van der Waals surface area contributed by atoms with Gasteiger partial charge < -0.3 is 10.1 Å². The summed E-state index contributed by atoms with van der Waals surface area (Å²) >= 11 is 0. The number of hydrogen-bond donors (Lipinski definition) is 1. The molecule has 2 aromatic carbocycles. The average Bonchev–Trinajstić information content (AvgIpc) is 3.01. The van der Waals surface area contributed by atoms with E-state index < -0.39 is 0 Å². The minimum Gasteiger partial charge on any atom is -0.497 e. The van der Waals surface area contributed by atoms with E-state index in [-0.39, 0.29) is 5.91 Å². The number of carbonyl (C=O) groups excluding carboxylic acids is 1. The predicted molar refractivity (Wildman–Crippen MR) is 96.7 cm³/mol. The second-order valence-electron chi connectivity index (χ2n) is 5.84. The molecule has 5 nitrogen and oxygen atoms in total. The van der Waals surface area contributed by atoms with Crippen molar-refractivity contribution in [2.75, 3.05) is 7.11 Å². The first-order valence-corrected chi connectivity index (χ1v) is 8.15. The Morgan fingerprint density at radius 1 is 1.08 bits per heavy atom. The molecule has 0 bridgehead atoms. The second-order valence-corrected chi connectivity index (χ2v) is 5.84. The third kappa shape index (κ3) is 4.26. The molecule has 0 saturated carbocycles. The monoisotopic (exact) mass is 335 g/mol. The minimum absolute atomic E-state index is 0.127. The molecule has 0 aliphatic heterocycles. The highest BCUT2D eigenvalue weighted by Crippen LogP contribution is 2.14. The van der Waals surface area contributed by atoms with Crippen molar-refractivity contribution < 1.29 is 9.53 Å². The molecule has 0 aliphatic carbocycles. The lowest BCUT2D eigenvalue weighted by atomic mass is 10.2. The topological polar surface area (TPSA) is 56.2 Å². The fourth-order valence-electron chi connectivity index (χ4n) is 2.62. The van der Waals surface area contributed by atoms with Crippen molar-refractivity contribution in [1.82, 2.24) is 15.1 Å². The number of benzene rings is 2. The van der Waals surface area contributed by atoms with E-state index in [0.29, 0.717) is 18.8 Å². The van der Waals surface area contributed by atoms with Crippen LogP contribution in [0.5, 0.6) is 5.75 Å². The number of rotatable bonds is 6. The number of aryl methyl sites for hydroxylation is 1. The first-order valence-electron chi connectivity index (χ1n) is 8.15. The van der Waals surface area contributed by atoms with Crippen molar-refractivity contribution in [3.8, 4) is 5.75 Å². The maximum Gasteiger partial charge on any atom is 0.269 e. The van der Waals surface area contributed by atoms with Gasteiger partial charge in [0.2, 0.25) is 0 Å². The van der Waals surface area contributed by atoms with Crippen LogP contribution in [0, 0.1) is 6.92 Å². The molecule has 1 heterocycles. The van der Waals surface area contributed by atoms with Crippen molar-refractivity contribution in [3.05, 3.63) is 83.2 Å². The highest BCUT2D eigenvalue weighted by Gasteiger charge is 2.14. The van der Waals surface area contributed by atoms with Gasteiger partial charge in [-0.2, -0.15) is 5.10 Å². The maximum atomic E-state index is 12.6. The van der Waals surface area contributed by atoms with Crippen LogP contribution in [0.2, 0.25) is 0 Å². The summed E-state index contributed by atoms with van der Waals surface area (Å²) in [6, 6.07) is 19.4. The van der Waals surface area contributed by atoms with Gasteiger partial charge in [0.1, 0.15) is 11.4 Å². The lowest BCUT2D eigenvalue weighted by molar-refractivity contribution is 0.0940. The van der Waals surface area contributed by atoms with Gasteiger partial charge in [-0.1, -0.05) is 42.5 Å². The van der Waals surface area contributed by atoms with Crippen LogP contribution < -0.4 is 10.1 Å². The lowest BCUT2D eigenvalue weighted by Crippen LogP contribution is -2.26. The summed E-state index contributed by atoms with van der Waals surface area (Å²) in [7, 11) is 1.64. The Morgan fingerprint density at radius 2 is 1.80 bits per heavy atom. The van der Waals surface area contributed by atoms with Crippen molar-refractivity contribution in [3.63, 3.8) is 0 Å². The van der Waals surface area contributed by atoms with Crippen LogP contribution in [0.15, 0.2) is 60.7 Å². The van der Waals surface area contributed by atoms with E-state index >= 15 is 0 Å². The average molecular weight is 335 g/mol. The second kappa shape index (κ2) is 7.66. The number of nitrogens with one attached hydrogen (secondary N) is 1. The van der Waals surface area contributed by atoms with Crippen LogP contribution in [0.25, 0.3) is 0 Å². The molecule has 1 amide bonds. The van der Waals surface area contributed by atoms with Gasteiger partial charge in [0.25, 0.3) is 5.91 Å². The van der Waals surface area contributed by atoms with Gasteiger partial charge in [0, 0.05) is 6.54 Å². The number of aromatic nitrogens is 2. The Kier molecular flexibility index (Phi) is 5.14. The standard InChI is InChI=1S/C20H21N3O2/c1-15-12-19(20(24)21-13-16-6-4-3-5-7-16)23(22-15)14-17-8-10-18(25-2)11-9-17/h3-12H,13-14H2,1-2H3,(H,21,24). The smallest absolute Gasteiger partial charge is 0.269 e. The molecule has 1 N–H and O–H groups in total. The zero-order valence-electron chi connectivity index (χ0n) is 14.4. The Bertz CT molecular complexity index is 839. The highest BCUT2D eigenvalue weighted by atomic mass is 16.5. The van der Waals surface area contributed by atoms with Gasteiger partial charge >= 0.3 is 0 Å². The summed E-state index contributed by atoms with van der Waals surface area (Å²) in [5, 5.41) is 7.40. The fraction of sp³-hybridized carbons (Fsp3) is 0.200. The first kappa shape index (κ1) is 16.8. The van der Waals surface area contributed by atoms with Crippen molar-refractivity contribution >= 4 is 5.91 Å². The third-order valence-corrected chi connectivity index (χ3v) is 3.92. The highest BCUT2D eigenvalue weighted by molar-refractivity contribution is 5.92. The first-order chi connectivity index (χ1) is 12.2.